The van der Waals surface area contributed by atoms with Crippen LogP contribution in [0.25, 0.3) is 6.08 Å². The van der Waals surface area contributed by atoms with E-state index in [0.717, 1.165) is 17.1 Å². The fourth-order valence-corrected chi connectivity index (χ4v) is 1.17. The first-order valence-corrected chi connectivity index (χ1v) is 5.21. The van der Waals surface area contributed by atoms with Crippen molar-refractivity contribution in [2.24, 2.45) is 0 Å². The predicted octanol–water partition coefficient (Wildman–Crippen LogP) is 3.11. The van der Waals surface area contributed by atoms with Crippen LogP contribution in [0.2, 0.25) is 0 Å². The SMILES string of the molecule is CCOC(=O)C=C(C)C=Cc1ccc(C)o1. The summed E-state index contributed by atoms with van der Waals surface area (Å²) in [6.07, 6.45) is 5.09. The maximum absolute atomic E-state index is 11.1. The Balaban J connectivity index is 2.60. The van der Waals surface area contributed by atoms with Crippen molar-refractivity contribution in [2.75, 3.05) is 6.61 Å². The van der Waals surface area contributed by atoms with Gasteiger partial charge in [-0.3, -0.25) is 0 Å². The highest BCUT2D eigenvalue weighted by molar-refractivity contribution is 5.83. The van der Waals surface area contributed by atoms with Crippen LogP contribution in [0.4, 0.5) is 0 Å². The number of aryl methyl sites for hydroxylation is 1. The monoisotopic (exact) mass is 220 g/mol. The van der Waals surface area contributed by atoms with Gasteiger partial charge in [0.25, 0.3) is 0 Å². The van der Waals surface area contributed by atoms with E-state index in [2.05, 4.69) is 0 Å². The van der Waals surface area contributed by atoms with Crippen LogP contribution in [0.1, 0.15) is 25.4 Å². The molecule has 0 atom stereocenters. The molecule has 0 aliphatic rings. The van der Waals surface area contributed by atoms with E-state index in [1.165, 1.54) is 6.08 Å². The average Bonchev–Trinajstić information content (AvgIpc) is 2.61. The van der Waals surface area contributed by atoms with Crippen LogP contribution in [0, 0.1) is 6.92 Å². The van der Waals surface area contributed by atoms with Crippen molar-refractivity contribution in [1.29, 1.82) is 0 Å². The van der Waals surface area contributed by atoms with Crippen LogP contribution >= 0.6 is 0 Å². The summed E-state index contributed by atoms with van der Waals surface area (Å²) in [5.74, 6) is 1.32. The molecule has 16 heavy (non-hydrogen) atoms. The minimum absolute atomic E-state index is 0.319. The normalized spacial score (nSPS) is 12.1. The van der Waals surface area contributed by atoms with Crippen LogP contribution in [-0.4, -0.2) is 12.6 Å². The molecule has 0 fully saturated rings. The fraction of sp³-hybridized carbons (Fsp3) is 0.308. The van der Waals surface area contributed by atoms with Crippen molar-refractivity contribution in [1.82, 2.24) is 0 Å². The van der Waals surface area contributed by atoms with Crippen LogP contribution in [0.5, 0.6) is 0 Å². The van der Waals surface area contributed by atoms with E-state index < -0.39 is 0 Å². The second-order valence-corrected chi connectivity index (χ2v) is 3.42. The quantitative estimate of drug-likeness (QED) is 0.444. The van der Waals surface area contributed by atoms with Crippen LogP contribution in [-0.2, 0) is 9.53 Å². The van der Waals surface area contributed by atoms with Crippen LogP contribution in [0.3, 0.4) is 0 Å². The minimum atomic E-state index is -0.319. The van der Waals surface area contributed by atoms with Gasteiger partial charge in [-0.05, 0) is 44.6 Å². The summed E-state index contributed by atoms with van der Waals surface area (Å²) >= 11 is 0. The van der Waals surface area contributed by atoms with E-state index in [-0.39, 0.29) is 5.97 Å². The molecule has 0 unspecified atom stereocenters. The number of allylic oxidation sites excluding steroid dienone is 2. The van der Waals surface area contributed by atoms with Gasteiger partial charge >= 0.3 is 5.97 Å². The van der Waals surface area contributed by atoms with Crippen molar-refractivity contribution in [3.05, 3.63) is 41.4 Å². The zero-order valence-corrected chi connectivity index (χ0v) is 9.82. The Morgan fingerprint density at radius 1 is 1.50 bits per heavy atom. The molecule has 0 saturated heterocycles. The summed E-state index contributed by atoms with van der Waals surface area (Å²) in [5, 5.41) is 0. The summed E-state index contributed by atoms with van der Waals surface area (Å²) in [6.45, 7) is 5.90. The molecule has 0 bridgehead atoms. The molecular formula is C13H16O3. The Labute approximate surface area is 95.4 Å². The van der Waals surface area contributed by atoms with Gasteiger partial charge in [-0.25, -0.2) is 4.79 Å². The van der Waals surface area contributed by atoms with Gasteiger partial charge in [-0.15, -0.1) is 0 Å². The second kappa shape index (κ2) is 5.95. The van der Waals surface area contributed by atoms with E-state index in [1.54, 1.807) is 6.92 Å². The smallest absolute Gasteiger partial charge is 0.330 e. The fourth-order valence-electron chi connectivity index (χ4n) is 1.17. The zero-order valence-electron chi connectivity index (χ0n) is 9.82. The van der Waals surface area contributed by atoms with Crippen molar-refractivity contribution >= 4 is 12.0 Å². The number of furan rings is 1. The lowest BCUT2D eigenvalue weighted by molar-refractivity contribution is -0.137. The molecule has 1 rings (SSSR count). The first kappa shape index (κ1) is 12.3. The Bertz CT molecular complexity index is 411. The van der Waals surface area contributed by atoms with Gasteiger partial charge in [-0.1, -0.05) is 6.08 Å². The molecular weight excluding hydrogens is 204 g/mol. The van der Waals surface area contributed by atoms with Gasteiger partial charge in [0.1, 0.15) is 11.5 Å². The number of ether oxygens (including phenoxy) is 1. The third-order valence-electron chi connectivity index (χ3n) is 1.90. The van der Waals surface area contributed by atoms with Gasteiger partial charge in [0, 0.05) is 6.08 Å². The lowest BCUT2D eigenvalue weighted by atomic mass is 10.2. The summed E-state index contributed by atoms with van der Waals surface area (Å²) in [6, 6.07) is 3.77. The third-order valence-corrected chi connectivity index (χ3v) is 1.90. The Morgan fingerprint density at radius 2 is 2.25 bits per heavy atom. The maximum Gasteiger partial charge on any atom is 0.330 e. The van der Waals surface area contributed by atoms with Gasteiger partial charge in [0.2, 0.25) is 0 Å². The van der Waals surface area contributed by atoms with Gasteiger partial charge < -0.3 is 9.15 Å². The summed E-state index contributed by atoms with van der Waals surface area (Å²) < 4.78 is 10.2. The highest BCUT2D eigenvalue weighted by atomic mass is 16.5. The molecule has 0 aromatic carbocycles. The zero-order chi connectivity index (χ0) is 12.0. The van der Waals surface area contributed by atoms with Gasteiger partial charge in [-0.2, -0.15) is 0 Å². The number of carbonyl (C=O) groups excluding carboxylic acids is 1. The number of esters is 1. The van der Waals surface area contributed by atoms with E-state index in [0.29, 0.717) is 6.61 Å². The molecule has 0 aliphatic heterocycles. The van der Waals surface area contributed by atoms with Crippen molar-refractivity contribution in [3.8, 4) is 0 Å². The molecule has 0 radical (unpaired) electrons. The highest BCUT2D eigenvalue weighted by Gasteiger charge is 1.96. The number of carbonyl (C=O) groups is 1. The van der Waals surface area contributed by atoms with Crippen LogP contribution < -0.4 is 0 Å². The van der Waals surface area contributed by atoms with E-state index >= 15 is 0 Å². The topological polar surface area (TPSA) is 39.4 Å². The van der Waals surface area contributed by atoms with Crippen LogP contribution in [0.15, 0.2) is 34.3 Å². The molecule has 0 N–H and O–H groups in total. The first-order chi connectivity index (χ1) is 7.61. The van der Waals surface area contributed by atoms with Gasteiger partial charge in [0.05, 0.1) is 6.61 Å². The second-order valence-electron chi connectivity index (χ2n) is 3.42. The number of rotatable bonds is 4. The lowest BCUT2D eigenvalue weighted by Gasteiger charge is -1.95. The summed E-state index contributed by atoms with van der Waals surface area (Å²) in [5.41, 5.74) is 0.826. The molecule has 0 spiro atoms. The Hall–Kier alpha value is -1.77. The van der Waals surface area contributed by atoms with E-state index in [9.17, 15) is 4.79 Å². The first-order valence-electron chi connectivity index (χ1n) is 5.21. The molecule has 1 aromatic rings. The Kier molecular flexibility index (Phi) is 4.58. The molecule has 3 heteroatoms. The molecule has 86 valence electrons. The van der Waals surface area contributed by atoms with Gasteiger partial charge in [0.15, 0.2) is 0 Å². The third kappa shape index (κ3) is 4.17. The lowest BCUT2D eigenvalue weighted by Crippen LogP contribution is -1.99. The molecule has 1 aromatic heterocycles. The standard InChI is InChI=1S/C13H16O3/c1-4-15-13(14)9-10(2)5-7-12-8-6-11(3)16-12/h5-9H,4H2,1-3H3. The van der Waals surface area contributed by atoms with E-state index in [1.807, 2.05) is 38.1 Å². The minimum Gasteiger partial charge on any atom is -0.463 e. The van der Waals surface area contributed by atoms with Crippen molar-refractivity contribution < 1.29 is 13.9 Å². The molecule has 1 heterocycles. The Morgan fingerprint density at radius 3 is 2.81 bits per heavy atom. The summed E-state index contributed by atoms with van der Waals surface area (Å²) in [7, 11) is 0. The molecule has 0 amide bonds. The van der Waals surface area contributed by atoms with E-state index in [4.69, 9.17) is 9.15 Å². The number of hydrogen-bond acceptors (Lipinski definition) is 3. The predicted molar refractivity (Wildman–Crippen MR) is 62.9 cm³/mol. The molecule has 3 nitrogen and oxygen atoms in total. The molecule has 0 saturated carbocycles. The highest BCUT2D eigenvalue weighted by Crippen LogP contribution is 2.09. The van der Waals surface area contributed by atoms with Crippen molar-refractivity contribution in [3.63, 3.8) is 0 Å². The summed E-state index contributed by atoms with van der Waals surface area (Å²) in [4.78, 5) is 11.1. The maximum atomic E-state index is 11.1. The number of hydrogen-bond donors (Lipinski definition) is 0. The average molecular weight is 220 g/mol. The van der Waals surface area contributed by atoms with Crippen molar-refractivity contribution in [2.45, 2.75) is 20.8 Å². The largest absolute Gasteiger partial charge is 0.463 e. The molecule has 0 aliphatic carbocycles.